The van der Waals surface area contributed by atoms with Crippen molar-refractivity contribution >= 4 is 5.78 Å². The normalized spacial score (nSPS) is 21.5. The fourth-order valence-corrected chi connectivity index (χ4v) is 2.41. The summed E-state index contributed by atoms with van der Waals surface area (Å²) in [4.78, 5) is 14.6. The minimum Gasteiger partial charge on any atom is -0.313 e. The second-order valence-corrected chi connectivity index (χ2v) is 4.94. The highest BCUT2D eigenvalue weighted by Gasteiger charge is 2.26. The van der Waals surface area contributed by atoms with E-state index in [4.69, 9.17) is 0 Å². The van der Waals surface area contributed by atoms with Gasteiger partial charge in [-0.25, -0.2) is 0 Å². The number of nitrogens with one attached hydrogen (secondary N) is 1. The molecule has 1 saturated heterocycles. The Labute approximate surface area is 103 Å². The van der Waals surface area contributed by atoms with Gasteiger partial charge in [0.25, 0.3) is 0 Å². The lowest BCUT2D eigenvalue weighted by molar-refractivity contribution is 0.0819. The molecule has 3 heteroatoms. The van der Waals surface area contributed by atoms with E-state index >= 15 is 0 Å². The number of likely N-dealkylation sites (N-methyl/N-ethyl adjacent to an activating group) is 1. The van der Waals surface area contributed by atoms with Crippen LogP contribution in [0.1, 0.15) is 21.5 Å². The average Bonchev–Trinajstić information content (AvgIpc) is 2.27. The minimum atomic E-state index is -0.0232. The minimum absolute atomic E-state index is 0.0232. The first kappa shape index (κ1) is 12.3. The predicted molar refractivity (Wildman–Crippen MR) is 69.5 cm³/mol. The molecule has 0 spiro atoms. The summed E-state index contributed by atoms with van der Waals surface area (Å²) < 4.78 is 0. The third kappa shape index (κ3) is 2.73. The standard InChI is InChI=1S/C14H20N2O/c1-10-6-11(2)8-12(7-10)14(17)13-9-15-4-5-16(13)3/h6-8,13,15H,4-5,9H2,1-3H3. The van der Waals surface area contributed by atoms with Crippen LogP contribution in [0.5, 0.6) is 0 Å². The molecule has 1 heterocycles. The van der Waals surface area contributed by atoms with Crippen LogP contribution in [-0.4, -0.2) is 43.4 Å². The molecule has 1 unspecified atom stereocenters. The average molecular weight is 232 g/mol. The van der Waals surface area contributed by atoms with Crippen LogP contribution in [0.15, 0.2) is 18.2 Å². The lowest BCUT2D eigenvalue weighted by Gasteiger charge is -2.32. The van der Waals surface area contributed by atoms with Crippen molar-refractivity contribution in [2.24, 2.45) is 0 Å². The van der Waals surface area contributed by atoms with Crippen molar-refractivity contribution in [3.63, 3.8) is 0 Å². The summed E-state index contributed by atoms with van der Waals surface area (Å²) in [6.45, 7) is 6.72. The van der Waals surface area contributed by atoms with Gasteiger partial charge in [-0.2, -0.15) is 0 Å². The maximum atomic E-state index is 12.4. The van der Waals surface area contributed by atoms with E-state index in [9.17, 15) is 4.79 Å². The molecule has 0 saturated carbocycles. The first-order valence-corrected chi connectivity index (χ1v) is 6.11. The molecule has 0 aliphatic carbocycles. The van der Waals surface area contributed by atoms with Gasteiger partial charge in [0, 0.05) is 25.2 Å². The maximum Gasteiger partial charge on any atom is 0.181 e. The molecular weight excluding hydrogens is 212 g/mol. The summed E-state index contributed by atoms with van der Waals surface area (Å²) in [5.74, 6) is 0.228. The number of hydrogen-bond donors (Lipinski definition) is 1. The summed E-state index contributed by atoms with van der Waals surface area (Å²) in [7, 11) is 2.02. The van der Waals surface area contributed by atoms with Crippen LogP contribution in [0.2, 0.25) is 0 Å². The fourth-order valence-electron chi connectivity index (χ4n) is 2.41. The van der Waals surface area contributed by atoms with E-state index in [1.165, 1.54) is 0 Å². The molecule has 1 aromatic carbocycles. The maximum absolute atomic E-state index is 12.4. The van der Waals surface area contributed by atoms with Gasteiger partial charge in [0.15, 0.2) is 5.78 Å². The highest BCUT2D eigenvalue weighted by molar-refractivity contribution is 6.00. The third-order valence-electron chi connectivity index (χ3n) is 3.32. The number of piperazine rings is 1. The van der Waals surface area contributed by atoms with Crippen molar-refractivity contribution in [3.05, 3.63) is 34.9 Å². The molecule has 0 radical (unpaired) electrons. The second-order valence-electron chi connectivity index (χ2n) is 4.94. The summed E-state index contributed by atoms with van der Waals surface area (Å²) in [5, 5.41) is 3.28. The van der Waals surface area contributed by atoms with Gasteiger partial charge in [-0.1, -0.05) is 17.2 Å². The van der Waals surface area contributed by atoms with Gasteiger partial charge in [-0.05, 0) is 33.0 Å². The Balaban J connectivity index is 2.23. The number of rotatable bonds is 2. The van der Waals surface area contributed by atoms with Crippen LogP contribution in [0, 0.1) is 13.8 Å². The summed E-state index contributed by atoms with van der Waals surface area (Å²) in [6.07, 6.45) is 0. The fraction of sp³-hybridized carbons (Fsp3) is 0.500. The monoisotopic (exact) mass is 232 g/mol. The van der Waals surface area contributed by atoms with Crippen LogP contribution < -0.4 is 5.32 Å². The van der Waals surface area contributed by atoms with Crippen molar-refractivity contribution < 1.29 is 4.79 Å². The third-order valence-corrected chi connectivity index (χ3v) is 3.32. The Morgan fingerprint density at radius 3 is 2.53 bits per heavy atom. The van der Waals surface area contributed by atoms with Crippen LogP contribution >= 0.6 is 0 Å². The zero-order chi connectivity index (χ0) is 12.4. The van der Waals surface area contributed by atoms with Gasteiger partial charge in [0.1, 0.15) is 0 Å². The summed E-state index contributed by atoms with van der Waals surface area (Å²) in [5.41, 5.74) is 3.14. The number of ketones is 1. The molecule has 1 aromatic rings. The van der Waals surface area contributed by atoms with Gasteiger partial charge in [-0.3, -0.25) is 9.69 Å². The Morgan fingerprint density at radius 2 is 1.94 bits per heavy atom. The number of aryl methyl sites for hydroxylation is 2. The molecule has 1 aliphatic rings. The van der Waals surface area contributed by atoms with E-state index in [1.807, 2.05) is 33.0 Å². The SMILES string of the molecule is Cc1cc(C)cc(C(=O)C2CNCCN2C)c1. The number of hydrogen-bond acceptors (Lipinski definition) is 3. The molecule has 3 nitrogen and oxygen atoms in total. The molecule has 92 valence electrons. The van der Waals surface area contributed by atoms with E-state index in [1.54, 1.807) is 0 Å². The van der Waals surface area contributed by atoms with E-state index in [0.29, 0.717) is 0 Å². The van der Waals surface area contributed by atoms with Crippen molar-refractivity contribution in [1.82, 2.24) is 10.2 Å². The second kappa shape index (κ2) is 4.98. The molecule has 0 amide bonds. The van der Waals surface area contributed by atoms with Gasteiger partial charge >= 0.3 is 0 Å². The highest BCUT2D eigenvalue weighted by atomic mass is 16.1. The number of carbonyl (C=O) groups excluding carboxylic acids is 1. The Hall–Kier alpha value is -1.19. The number of Topliss-reactive ketones (excluding diaryl/α,β-unsaturated/α-hetero) is 1. The molecule has 0 bridgehead atoms. The first-order valence-electron chi connectivity index (χ1n) is 6.11. The lowest BCUT2D eigenvalue weighted by Crippen LogP contribution is -2.53. The number of carbonyl (C=O) groups is 1. The van der Waals surface area contributed by atoms with Crippen molar-refractivity contribution in [2.45, 2.75) is 19.9 Å². The molecule has 2 rings (SSSR count). The molecule has 1 aliphatic heterocycles. The molecule has 1 atom stereocenters. The van der Waals surface area contributed by atoms with Crippen molar-refractivity contribution in [2.75, 3.05) is 26.7 Å². The van der Waals surface area contributed by atoms with Crippen LogP contribution in [0.25, 0.3) is 0 Å². The van der Waals surface area contributed by atoms with Gasteiger partial charge in [0.05, 0.1) is 6.04 Å². The Bertz CT molecular complexity index is 408. The van der Waals surface area contributed by atoms with Crippen molar-refractivity contribution in [3.8, 4) is 0 Å². The molecule has 0 aromatic heterocycles. The zero-order valence-corrected chi connectivity index (χ0v) is 10.8. The summed E-state index contributed by atoms with van der Waals surface area (Å²) >= 11 is 0. The van der Waals surface area contributed by atoms with E-state index in [-0.39, 0.29) is 11.8 Å². The lowest BCUT2D eigenvalue weighted by atomic mass is 9.98. The van der Waals surface area contributed by atoms with Crippen LogP contribution in [-0.2, 0) is 0 Å². The highest BCUT2D eigenvalue weighted by Crippen LogP contribution is 2.14. The molecule has 1 N–H and O–H groups in total. The molecular formula is C14H20N2O. The quantitative estimate of drug-likeness (QED) is 0.782. The van der Waals surface area contributed by atoms with Gasteiger partial charge in [0.2, 0.25) is 0 Å². The van der Waals surface area contributed by atoms with E-state index < -0.39 is 0 Å². The zero-order valence-electron chi connectivity index (χ0n) is 10.8. The molecule has 17 heavy (non-hydrogen) atoms. The van der Waals surface area contributed by atoms with E-state index in [2.05, 4.69) is 16.3 Å². The topological polar surface area (TPSA) is 32.3 Å². The van der Waals surface area contributed by atoms with E-state index in [0.717, 1.165) is 36.3 Å². The largest absolute Gasteiger partial charge is 0.313 e. The Morgan fingerprint density at radius 1 is 1.29 bits per heavy atom. The van der Waals surface area contributed by atoms with Crippen LogP contribution in [0.4, 0.5) is 0 Å². The first-order chi connectivity index (χ1) is 8.08. The smallest absolute Gasteiger partial charge is 0.181 e. The number of nitrogens with zero attached hydrogens (tertiary/aromatic N) is 1. The predicted octanol–water partition coefficient (Wildman–Crippen LogP) is 1.39. The van der Waals surface area contributed by atoms with Gasteiger partial charge < -0.3 is 5.32 Å². The Kier molecular flexibility index (Phi) is 3.60. The summed E-state index contributed by atoms with van der Waals surface area (Å²) in [6, 6.07) is 6.04. The molecule has 1 fully saturated rings. The van der Waals surface area contributed by atoms with Crippen molar-refractivity contribution in [1.29, 1.82) is 0 Å². The number of benzene rings is 1. The van der Waals surface area contributed by atoms with Gasteiger partial charge in [-0.15, -0.1) is 0 Å². The van der Waals surface area contributed by atoms with Crippen LogP contribution in [0.3, 0.4) is 0 Å².